The van der Waals surface area contributed by atoms with E-state index >= 15 is 0 Å². The van der Waals surface area contributed by atoms with Crippen LogP contribution in [0, 0.1) is 6.92 Å². The van der Waals surface area contributed by atoms with Gasteiger partial charge in [-0.05, 0) is 31.9 Å². The summed E-state index contributed by atoms with van der Waals surface area (Å²) in [6, 6.07) is 9.46. The van der Waals surface area contributed by atoms with Crippen molar-refractivity contribution in [1.29, 1.82) is 0 Å². The molecule has 1 aromatic carbocycles. The van der Waals surface area contributed by atoms with Crippen LogP contribution in [0.1, 0.15) is 18.4 Å². The van der Waals surface area contributed by atoms with Crippen LogP contribution < -0.4 is 9.64 Å². The normalized spacial score (nSPS) is 19.6. The molecule has 4 rings (SSSR count). The van der Waals surface area contributed by atoms with Crippen molar-refractivity contribution in [3.05, 3.63) is 48.4 Å². The van der Waals surface area contributed by atoms with Gasteiger partial charge in [0, 0.05) is 37.6 Å². The van der Waals surface area contributed by atoms with Gasteiger partial charge in [0.25, 0.3) is 0 Å². The molecule has 8 nitrogen and oxygen atoms in total. The maximum absolute atomic E-state index is 12.8. The zero-order valence-corrected chi connectivity index (χ0v) is 16.5. The number of benzene rings is 1. The first-order valence-corrected chi connectivity index (χ1v) is 9.94. The molecule has 1 unspecified atom stereocenters. The highest BCUT2D eigenvalue weighted by atomic mass is 16.5. The topological polar surface area (TPSA) is 78.9 Å². The van der Waals surface area contributed by atoms with Gasteiger partial charge in [-0.1, -0.05) is 17.7 Å². The summed E-state index contributed by atoms with van der Waals surface area (Å²) in [6.07, 6.45) is 4.72. The fourth-order valence-electron chi connectivity index (χ4n) is 3.74. The number of aryl methyl sites for hydroxylation is 1. The van der Waals surface area contributed by atoms with Crippen molar-refractivity contribution in [2.45, 2.75) is 25.9 Å². The molecule has 1 atom stereocenters. The second-order valence-corrected chi connectivity index (χ2v) is 7.46. The zero-order chi connectivity index (χ0) is 20.2. The third-order valence-electron chi connectivity index (χ3n) is 5.34. The highest BCUT2D eigenvalue weighted by Crippen LogP contribution is 2.21. The minimum atomic E-state index is -0.118. The van der Waals surface area contributed by atoms with Crippen LogP contribution in [-0.2, 0) is 4.79 Å². The van der Waals surface area contributed by atoms with E-state index in [1.165, 1.54) is 6.33 Å². The van der Waals surface area contributed by atoms with Crippen LogP contribution in [0.25, 0.3) is 0 Å². The van der Waals surface area contributed by atoms with Crippen molar-refractivity contribution in [3.8, 4) is 5.88 Å². The van der Waals surface area contributed by atoms with E-state index in [0.717, 1.165) is 24.1 Å². The predicted molar refractivity (Wildman–Crippen MR) is 108 cm³/mol. The molecule has 2 aliphatic heterocycles. The first-order chi connectivity index (χ1) is 14.1. The van der Waals surface area contributed by atoms with Crippen LogP contribution >= 0.6 is 0 Å². The Balaban J connectivity index is 1.33. The maximum Gasteiger partial charge on any atom is 0.325 e. The van der Waals surface area contributed by atoms with Gasteiger partial charge < -0.3 is 14.5 Å². The molecule has 2 saturated heterocycles. The second kappa shape index (κ2) is 8.46. The van der Waals surface area contributed by atoms with Crippen LogP contribution in [0.2, 0.25) is 0 Å². The molecule has 2 fully saturated rings. The summed E-state index contributed by atoms with van der Waals surface area (Å²) in [5.41, 5.74) is 2.02. The molecule has 2 aliphatic rings. The number of anilines is 1. The molecule has 0 spiro atoms. The fourth-order valence-corrected chi connectivity index (χ4v) is 3.74. The molecule has 8 heteroatoms. The molecule has 29 heavy (non-hydrogen) atoms. The van der Waals surface area contributed by atoms with E-state index in [0.29, 0.717) is 32.1 Å². The van der Waals surface area contributed by atoms with Gasteiger partial charge in [-0.3, -0.25) is 9.69 Å². The molecule has 1 aromatic heterocycles. The van der Waals surface area contributed by atoms with Gasteiger partial charge in [-0.2, -0.15) is 0 Å². The fraction of sp³-hybridized carbons (Fsp3) is 0.429. The minimum Gasteiger partial charge on any atom is -0.472 e. The number of rotatable bonds is 5. The van der Waals surface area contributed by atoms with Gasteiger partial charge in [-0.15, -0.1) is 0 Å². The average Bonchev–Trinajstić information content (AvgIpc) is 3.10. The minimum absolute atomic E-state index is 0.0416. The molecule has 0 bridgehead atoms. The van der Waals surface area contributed by atoms with E-state index in [1.807, 2.05) is 31.2 Å². The first-order valence-electron chi connectivity index (χ1n) is 9.94. The number of ether oxygens (including phenoxy) is 1. The predicted octanol–water partition coefficient (Wildman–Crippen LogP) is 2.10. The van der Waals surface area contributed by atoms with Crippen LogP contribution in [0.4, 0.5) is 10.5 Å². The second-order valence-electron chi connectivity index (χ2n) is 7.46. The average molecular weight is 395 g/mol. The van der Waals surface area contributed by atoms with Crippen molar-refractivity contribution in [3.63, 3.8) is 0 Å². The lowest BCUT2D eigenvalue weighted by Crippen LogP contribution is -2.48. The summed E-state index contributed by atoms with van der Waals surface area (Å²) in [7, 11) is 0. The Morgan fingerprint density at radius 2 is 2.00 bits per heavy atom. The third kappa shape index (κ3) is 4.47. The Morgan fingerprint density at radius 1 is 1.17 bits per heavy atom. The van der Waals surface area contributed by atoms with E-state index in [-0.39, 0.29) is 24.6 Å². The monoisotopic (exact) mass is 395 g/mol. The van der Waals surface area contributed by atoms with Gasteiger partial charge in [0.05, 0.1) is 6.54 Å². The zero-order valence-electron chi connectivity index (χ0n) is 16.5. The van der Waals surface area contributed by atoms with Crippen molar-refractivity contribution < 1.29 is 14.3 Å². The number of hydrogen-bond acceptors (Lipinski definition) is 5. The van der Waals surface area contributed by atoms with Crippen LogP contribution in [0.15, 0.2) is 42.9 Å². The number of piperidine rings is 1. The van der Waals surface area contributed by atoms with Crippen molar-refractivity contribution in [1.82, 2.24) is 19.8 Å². The lowest BCUT2D eigenvalue weighted by molar-refractivity contribution is -0.134. The Hall–Kier alpha value is -3.16. The molecular formula is C21H25N5O3. The lowest BCUT2D eigenvalue weighted by atomic mass is 10.1. The number of amides is 3. The molecule has 152 valence electrons. The number of nitrogens with zero attached hydrogens (tertiary/aromatic N) is 5. The van der Waals surface area contributed by atoms with Crippen LogP contribution in [-0.4, -0.2) is 70.5 Å². The van der Waals surface area contributed by atoms with E-state index < -0.39 is 0 Å². The van der Waals surface area contributed by atoms with Crippen molar-refractivity contribution in [2.24, 2.45) is 0 Å². The summed E-state index contributed by atoms with van der Waals surface area (Å²) >= 11 is 0. The summed E-state index contributed by atoms with van der Waals surface area (Å²) in [6.45, 7) is 4.45. The Labute approximate surface area is 170 Å². The molecule has 0 N–H and O–H groups in total. The SMILES string of the molecule is Cc1ccc(N2CCN(CC(=O)N3CCCC(Oc4ccncn4)C3)C2=O)cc1. The molecule has 3 heterocycles. The number of likely N-dealkylation sites (tertiary alicyclic amines) is 1. The summed E-state index contributed by atoms with van der Waals surface area (Å²) in [4.78, 5) is 38.7. The molecule has 0 aliphatic carbocycles. The Kier molecular flexibility index (Phi) is 5.59. The van der Waals surface area contributed by atoms with Gasteiger partial charge in [-0.25, -0.2) is 14.8 Å². The summed E-state index contributed by atoms with van der Waals surface area (Å²) < 4.78 is 5.88. The summed E-state index contributed by atoms with van der Waals surface area (Å²) in [5.74, 6) is 0.475. The van der Waals surface area contributed by atoms with Gasteiger partial charge in [0.1, 0.15) is 19.0 Å². The third-order valence-corrected chi connectivity index (χ3v) is 5.34. The van der Waals surface area contributed by atoms with E-state index in [4.69, 9.17) is 4.74 Å². The number of carbonyl (C=O) groups excluding carboxylic acids is 2. The first kappa shape index (κ1) is 19.2. The van der Waals surface area contributed by atoms with Crippen molar-refractivity contribution >= 4 is 17.6 Å². The smallest absolute Gasteiger partial charge is 0.325 e. The quantitative estimate of drug-likeness (QED) is 0.775. The standard InChI is InChI=1S/C21H25N5O3/c1-16-4-6-17(7-5-16)26-12-11-25(21(26)28)14-20(27)24-10-2-3-18(13-24)29-19-8-9-22-15-23-19/h4-9,15,18H,2-3,10-14H2,1H3. The maximum atomic E-state index is 12.8. The van der Waals surface area contributed by atoms with E-state index in [2.05, 4.69) is 9.97 Å². The molecule has 0 radical (unpaired) electrons. The number of urea groups is 1. The molecule has 0 saturated carbocycles. The number of hydrogen-bond donors (Lipinski definition) is 0. The highest BCUT2D eigenvalue weighted by Gasteiger charge is 2.33. The number of carbonyl (C=O) groups is 2. The van der Waals surface area contributed by atoms with E-state index in [1.54, 1.807) is 27.0 Å². The van der Waals surface area contributed by atoms with Crippen LogP contribution in [0.3, 0.4) is 0 Å². The Morgan fingerprint density at radius 3 is 2.76 bits per heavy atom. The Bertz CT molecular complexity index is 858. The summed E-state index contributed by atoms with van der Waals surface area (Å²) in [5, 5.41) is 0. The molecular weight excluding hydrogens is 370 g/mol. The largest absolute Gasteiger partial charge is 0.472 e. The van der Waals surface area contributed by atoms with Gasteiger partial charge >= 0.3 is 6.03 Å². The number of aromatic nitrogens is 2. The van der Waals surface area contributed by atoms with Crippen LogP contribution in [0.5, 0.6) is 5.88 Å². The lowest BCUT2D eigenvalue weighted by Gasteiger charge is -2.33. The highest BCUT2D eigenvalue weighted by molar-refractivity contribution is 5.96. The van der Waals surface area contributed by atoms with Crippen molar-refractivity contribution in [2.75, 3.05) is 37.6 Å². The molecule has 3 amide bonds. The molecule has 2 aromatic rings. The van der Waals surface area contributed by atoms with E-state index in [9.17, 15) is 9.59 Å². The van der Waals surface area contributed by atoms with Gasteiger partial charge in [0.2, 0.25) is 11.8 Å². The van der Waals surface area contributed by atoms with Gasteiger partial charge in [0.15, 0.2) is 0 Å².